The molecule has 0 aliphatic heterocycles. The molecule has 0 radical (unpaired) electrons. The summed E-state index contributed by atoms with van der Waals surface area (Å²) >= 11 is 0. The van der Waals surface area contributed by atoms with Crippen LogP contribution in [0, 0.1) is 0 Å². The molecule has 0 aromatic rings. The van der Waals surface area contributed by atoms with Gasteiger partial charge in [0.1, 0.15) is 13.2 Å². The van der Waals surface area contributed by atoms with Gasteiger partial charge in [-0.1, -0.05) is 270 Å². The second-order valence-corrected chi connectivity index (χ2v) is 21.3. The van der Waals surface area contributed by atoms with Crippen molar-refractivity contribution in [3.05, 3.63) is 134 Å². The molecule has 0 aliphatic rings. The Balaban J connectivity index is 4.29. The maximum absolute atomic E-state index is 12.9. The van der Waals surface area contributed by atoms with Crippen LogP contribution in [-0.2, 0) is 28.6 Å². The van der Waals surface area contributed by atoms with Crippen LogP contribution in [0.2, 0.25) is 0 Å². The molecule has 0 aliphatic carbocycles. The Hall–Kier alpha value is -4.45. The van der Waals surface area contributed by atoms with Gasteiger partial charge >= 0.3 is 17.9 Å². The number of unbranched alkanes of at least 4 members (excludes halogenated alkanes) is 25. The average Bonchev–Trinajstić information content (AvgIpc) is 3.45. The van der Waals surface area contributed by atoms with Crippen molar-refractivity contribution < 1.29 is 28.6 Å². The fourth-order valence-corrected chi connectivity index (χ4v) is 8.79. The zero-order chi connectivity index (χ0) is 57.1. The monoisotopic (exact) mass is 1090 g/mol. The normalized spacial score (nSPS) is 13.0. The smallest absolute Gasteiger partial charge is 0.306 e. The lowest BCUT2D eigenvalue weighted by Crippen LogP contribution is -2.30. The van der Waals surface area contributed by atoms with E-state index in [4.69, 9.17) is 14.2 Å². The maximum Gasteiger partial charge on any atom is 0.306 e. The van der Waals surface area contributed by atoms with Crippen LogP contribution in [-0.4, -0.2) is 37.2 Å². The first kappa shape index (κ1) is 74.5. The lowest BCUT2D eigenvalue weighted by Gasteiger charge is -2.18. The molecule has 448 valence electrons. The number of carbonyl (C=O) groups excluding carboxylic acids is 3. The van der Waals surface area contributed by atoms with Gasteiger partial charge in [-0.15, -0.1) is 0 Å². The molecule has 0 saturated heterocycles. The van der Waals surface area contributed by atoms with Gasteiger partial charge in [-0.05, 0) is 135 Å². The first-order chi connectivity index (χ1) is 39.0. The van der Waals surface area contributed by atoms with Crippen molar-refractivity contribution >= 4 is 17.9 Å². The highest BCUT2D eigenvalue weighted by Gasteiger charge is 2.19. The highest BCUT2D eigenvalue weighted by molar-refractivity contribution is 5.71. The third kappa shape index (κ3) is 64.3. The van der Waals surface area contributed by atoms with Crippen LogP contribution in [0.1, 0.15) is 290 Å². The Bertz CT molecular complexity index is 1680. The van der Waals surface area contributed by atoms with E-state index in [9.17, 15) is 14.4 Å². The van der Waals surface area contributed by atoms with Crippen LogP contribution in [0.3, 0.4) is 0 Å². The van der Waals surface area contributed by atoms with Gasteiger partial charge in [0.05, 0.1) is 0 Å². The summed E-state index contributed by atoms with van der Waals surface area (Å²) < 4.78 is 16.9. The zero-order valence-corrected chi connectivity index (χ0v) is 51.3. The van der Waals surface area contributed by atoms with Gasteiger partial charge in [-0.3, -0.25) is 14.4 Å². The van der Waals surface area contributed by atoms with Crippen molar-refractivity contribution in [1.29, 1.82) is 0 Å². The van der Waals surface area contributed by atoms with Crippen molar-refractivity contribution in [2.45, 2.75) is 297 Å². The number of carbonyl (C=O) groups is 3. The number of ether oxygens (including phenoxy) is 3. The molecule has 1 unspecified atom stereocenters. The Kier molecular flexibility index (Phi) is 62.3. The van der Waals surface area contributed by atoms with Crippen molar-refractivity contribution in [2.75, 3.05) is 13.2 Å². The minimum absolute atomic E-state index is 0.0930. The molecule has 0 aromatic heterocycles. The van der Waals surface area contributed by atoms with E-state index >= 15 is 0 Å². The first-order valence-corrected chi connectivity index (χ1v) is 32.7. The van der Waals surface area contributed by atoms with E-state index in [-0.39, 0.29) is 31.1 Å². The number of esters is 3. The lowest BCUT2D eigenvalue weighted by atomic mass is 10.0. The maximum atomic E-state index is 12.9. The van der Waals surface area contributed by atoms with Crippen molar-refractivity contribution in [2.24, 2.45) is 0 Å². The number of allylic oxidation sites excluding steroid dienone is 22. The molecule has 6 heteroatoms. The molecule has 79 heavy (non-hydrogen) atoms. The zero-order valence-electron chi connectivity index (χ0n) is 51.3. The molecule has 0 saturated carbocycles. The largest absolute Gasteiger partial charge is 0.462 e. The van der Waals surface area contributed by atoms with Crippen molar-refractivity contribution in [3.63, 3.8) is 0 Å². The van der Waals surface area contributed by atoms with Gasteiger partial charge in [0.2, 0.25) is 0 Å². The lowest BCUT2D eigenvalue weighted by molar-refractivity contribution is -0.167. The summed E-state index contributed by atoms with van der Waals surface area (Å²) in [6, 6.07) is 0. The SMILES string of the molecule is CC/C=C\C/C=C\C/C=C\C/C=C\C/C=C\C/C=C\CCCCCCCCCCCCCCC(=O)OCC(COC(=O)CCCCCCC/C=C\C/C=C\CCCCC)OC(=O)CCCCCCC/C=C\C/C=C\C/C=C\CC. The Morgan fingerprint density at radius 3 is 0.772 bits per heavy atom. The van der Waals surface area contributed by atoms with Crippen LogP contribution >= 0.6 is 0 Å². The average molecular weight is 1090 g/mol. The Labute approximate surface area is 487 Å². The molecule has 1 atom stereocenters. The van der Waals surface area contributed by atoms with Gasteiger partial charge in [0.25, 0.3) is 0 Å². The standard InChI is InChI=1S/C73H120O6/c1-4-7-10-13-16-19-22-25-28-29-30-31-32-33-34-35-36-37-38-39-40-41-42-43-46-48-51-54-57-60-63-66-72(75)78-69-70(79-73(76)67-64-61-58-55-52-49-45-27-24-21-18-15-12-9-6-3)68-77-71(74)65-62-59-56-53-50-47-44-26-23-20-17-14-11-8-5-2/h7,9-10,12,16-21,25-28,30-31,33-34,36-37,44-45,70H,4-6,8,11,13-15,22-24,29,32,35,38-43,46-69H2,1-3H3/b10-7-,12-9-,19-16-,20-17-,21-18-,28-25-,31-30-,34-33-,37-36-,44-26-,45-27-. The van der Waals surface area contributed by atoms with E-state index in [0.29, 0.717) is 19.3 Å². The second-order valence-electron chi connectivity index (χ2n) is 21.3. The van der Waals surface area contributed by atoms with E-state index in [1.807, 2.05) is 0 Å². The van der Waals surface area contributed by atoms with Crippen LogP contribution in [0.25, 0.3) is 0 Å². The molecule has 0 bridgehead atoms. The molecule has 0 spiro atoms. The highest BCUT2D eigenvalue weighted by atomic mass is 16.6. The molecular weight excluding hydrogens is 973 g/mol. The van der Waals surface area contributed by atoms with Gasteiger partial charge in [-0.2, -0.15) is 0 Å². The van der Waals surface area contributed by atoms with Crippen LogP contribution in [0.4, 0.5) is 0 Å². The first-order valence-electron chi connectivity index (χ1n) is 32.7. The number of hydrogen-bond donors (Lipinski definition) is 0. The van der Waals surface area contributed by atoms with Crippen molar-refractivity contribution in [3.8, 4) is 0 Å². The summed E-state index contributed by atoms with van der Waals surface area (Å²) in [4.78, 5) is 38.3. The minimum Gasteiger partial charge on any atom is -0.462 e. The summed E-state index contributed by atoms with van der Waals surface area (Å²) in [5, 5.41) is 0. The van der Waals surface area contributed by atoms with Gasteiger partial charge < -0.3 is 14.2 Å². The predicted molar refractivity (Wildman–Crippen MR) is 343 cm³/mol. The van der Waals surface area contributed by atoms with Gasteiger partial charge in [-0.25, -0.2) is 0 Å². The quantitative estimate of drug-likeness (QED) is 0.0261. The molecule has 0 N–H and O–H groups in total. The summed E-state index contributed by atoms with van der Waals surface area (Å²) in [7, 11) is 0. The van der Waals surface area contributed by atoms with Crippen LogP contribution < -0.4 is 0 Å². The summed E-state index contributed by atoms with van der Waals surface area (Å²) in [6.07, 6.45) is 93.2. The molecule has 0 fully saturated rings. The van der Waals surface area contributed by atoms with E-state index in [1.165, 1.54) is 89.9 Å². The second kappa shape index (κ2) is 66.1. The van der Waals surface area contributed by atoms with Gasteiger partial charge in [0, 0.05) is 19.3 Å². The Morgan fingerprint density at radius 2 is 0.494 bits per heavy atom. The van der Waals surface area contributed by atoms with E-state index in [0.717, 1.165) is 161 Å². The third-order valence-corrected chi connectivity index (χ3v) is 13.6. The number of hydrogen-bond acceptors (Lipinski definition) is 6. The van der Waals surface area contributed by atoms with E-state index < -0.39 is 6.10 Å². The van der Waals surface area contributed by atoms with Crippen molar-refractivity contribution in [1.82, 2.24) is 0 Å². The Morgan fingerprint density at radius 1 is 0.266 bits per heavy atom. The molecular formula is C73H120O6. The molecule has 0 heterocycles. The topological polar surface area (TPSA) is 78.9 Å². The fourth-order valence-electron chi connectivity index (χ4n) is 8.79. The van der Waals surface area contributed by atoms with E-state index in [1.54, 1.807) is 0 Å². The third-order valence-electron chi connectivity index (χ3n) is 13.6. The highest BCUT2D eigenvalue weighted by Crippen LogP contribution is 2.15. The summed E-state index contributed by atoms with van der Waals surface area (Å²) in [5.41, 5.74) is 0. The van der Waals surface area contributed by atoms with Crippen LogP contribution in [0.5, 0.6) is 0 Å². The number of rotatable bonds is 58. The van der Waals surface area contributed by atoms with E-state index in [2.05, 4.69) is 154 Å². The van der Waals surface area contributed by atoms with Gasteiger partial charge in [0.15, 0.2) is 6.10 Å². The minimum atomic E-state index is -0.798. The predicted octanol–water partition coefficient (Wildman–Crippen LogP) is 22.5. The molecule has 0 aromatic carbocycles. The summed E-state index contributed by atoms with van der Waals surface area (Å²) in [6.45, 7) is 6.37. The van der Waals surface area contributed by atoms with Crippen LogP contribution in [0.15, 0.2) is 134 Å². The summed E-state index contributed by atoms with van der Waals surface area (Å²) in [5.74, 6) is -0.923. The molecule has 0 amide bonds. The fraction of sp³-hybridized carbons (Fsp3) is 0.658. The molecule has 6 nitrogen and oxygen atoms in total. The molecule has 0 rings (SSSR count).